The zero-order valence-corrected chi connectivity index (χ0v) is 18.4. The topological polar surface area (TPSA) is 111 Å². The molecule has 0 atom stereocenters. The van der Waals surface area contributed by atoms with Crippen LogP contribution in [-0.2, 0) is 4.79 Å². The molecule has 10 heteroatoms. The van der Waals surface area contributed by atoms with Crippen molar-refractivity contribution >= 4 is 45.7 Å². The molecule has 1 heterocycles. The maximum atomic E-state index is 12.5. The minimum absolute atomic E-state index is 0.0155. The number of carbonyl (C=O) groups is 4. The molecule has 2 N–H and O–H groups in total. The van der Waals surface area contributed by atoms with Gasteiger partial charge in [-0.25, -0.2) is 4.79 Å². The number of rotatable bonds is 8. The minimum Gasteiger partial charge on any atom is -0.497 e. The second-order valence-corrected chi connectivity index (χ2v) is 8.50. The van der Waals surface area contributed by atoms with Crippen LogP contribution < -0.4 is 20.1 Å². The predicted molar refractivity (Wildman–Crippen MR) is 119 cm³/mol. The van der Waals surface area contributed by atoms with E-state index >= 15 is 0 Å². The number of thioether (sulfide) groups is 2. The summed E-state index contributed by atoms with van der Waals surface area (Å²) in [5.74, 6) is 0.641. The molecule has 162 valence electrons. The molecule has 3 amide bonds. The molecule has 0 aromatic heterocycles. The van der Waals surface area contributed by atoms with Crippen LogP contribution in [0.1, 0.15) is 20.7 Å². The molecule has 1 aliphatic heterocycles. The van der Waals surface area contributed by atoms with Gasteiger partial charge in [-0.2, -0.15) is 0 Å². The quantitative estimate of drug-likeness (QED) is 0.579. The summed E-state index contributed by atoms with van der Waals surface area (Å²) < 4.78 is 10.2. The van der Waals surface area contributed by atoms with Crippen molar-refractivity contribution in [3.8, 4) is 11.5 Å². The second-order valence-electron chi connectivity index (χ2n) is 6.60. The monoisotopic (exact) mass is 460 g/mol. The SMILES string of the molecule is COc1ccc(C(=O)SCC2(CSC(=O)c3ccc(OC)cc3)NC(=O)NC2=O)cc1. The Morgan fingerprint density at radius 3 is 1.55 bits per heavy atom. The largest absolute Gasteiger partial charge is 0.497 e. The molecule has 31 heavy (non-hydrogen) atoms. The Labute approximate surface area is 187 Å². The van der Waals surface area contributed by atoms with Gasteiger partial charge in [-0.05, 0) is 48.5 Å². The minimum atomic E-state index is -1.38. The first-order valence-corrected chi connectivity index (χ1v) is 11.1. The first-order chi connectivity index (χ1) is 14.9. The Kier molecular flexibility index (Phi) is 7.24. The fraction of sp³-hybridized carbons (Fsp3) is 0.238. The normalized spacial score (nSPS) is 14.5. The van der Waals surface area contributed by atoms with Crippen LogP contribution >= 0.6 is 23.5 Å². The lowest BCUT2D eigenvalue weighted by atomic mass is 10.1. The molecule has 0 radical (unpaired) electrons. The summed E-state index contributed by atoms with van der Waals surface area (Å²) >= 11 is 1.80. The number of benzene rings is 2. The first-order valence-electron chi connectivity index (χ1n) is 9.13. The van der Waals surface area contributed by atoms with Gasteiger partial charge in [0.25, 0.3) is 5.91 Å². The first kappa shape index (κ1) is 22.7. The number of ether oxygens (including phenoxy) is 2. The average molecular weight is 461 g/mol. The van der Waals surface area contributed by atoms with Gasteiger partial charge in [0.15, 0.2) is 0 Å². The summed E-state index contributed by atoms with van der Waals surface area (Å²) in [5, 5.41) is 4.25. The molecule has 2 aromatic rings. The molecule has 0 bridgehead atoms. The van der Waals surface area contributed by atoms with Crippen LogP contribution in [0.3, 0.4) is 0 Å². The number of amides is 3. The van der Waals surface area contributed by atoms with Crippen molar-refractivity contribution in [2.24, 2.45) is 0 Å². The summed E-state index contributed by atoms with van der Waals surface area (Å²) in [4.78, 5) is 49.4. The highest BCUT2D eigenvalue weighted by molar-refractivity contribution is 8.15. The predicted octanol–water partition coefficient (Wildman–Crippen LogP) is 2.73. The van der Waals surface area contributed by atoms with Crippen molar-refractivity contribution in [2.45, 2.75) is 5.54 Å². The van der Waals surface area contributed by atoms with E-state index in [1.54, 1.807) is 48.5 Å². The van der Waals surface area contributed by atoms with Crippen LogP contribution in [0.4, 0.5) is 4.79 Å². The molecular formula is C21H20N2O6S2. The van der Waals surface area contributed by atoms with Gasteiger partial charge in [-0.15, -0.1) is 0 Å². The number of hydrogen-bond donors (Lipinski definition) is 2. The Balaban J connectivity index is 1.67. The third kappa shape index (κ3) is 5.39. The van der Waals surface area contributed by atoms with E-state index in [0.29, 0.717) is 22.6 Å². The molecule has 0 unspecified atom stereocenters. The zero-order valence-electron chi connectivity index (χ0n) is 16.8. The van der Waals surface area contributed by atoms with Crippen LogP contribution in [0.15, 0.2) is 48.5 Å². The van der Waals surface area contributed by atoms with Gasteiger partial charge in [-0.3, -0.25) is 19.7 Å². The molecule has 1 aliphatic rings. The third-order valence-corrected chi connectivity index (χ3v) is 6.84. The molecule has 0 spiro atoms. The molecule has 0 aliphatic carbocycles. The highest BCUT2D eigenvalue weighted by Gasteiger charge is 2.47. The van der Waals surface area contributed by atoms with E-state index in [4.69, 9.17) is 9.47 Å². The van der Waals surface area contributed by atoms with Crippen LogP contribution in [0.2, 0.25) is 0 Å². The van der Waals surface area contributed by atoms with Gasteiger partial charge < -0.3 is 14.8 Å². The van der Waals surface area contributed by atoms with E-state index < -0.39 is 17.5 Å². The van der Waals surface area contributed by atoms with Crippen LogP contribution in [0, 0.1) is 0 Å². The molecule has 1 fully saturated rings. The van der Waals surface area contributed by atoms with Crippen molar-refractivity contribution in [3.05, 3.63) is 59.7 Å². The highest BCUT2D eigenvalue weighted by Crippen LogP contribution is 2.27. The Hall–Kier alpha value is -2.98. The molecule has 8 nitrogen and oxygen atoms in total. The highest BCUT2D eigenvalue weighted by atomic mass is 32.2. The number of nitrogens with one attached hydrogen (secondary N) is 2. The number of hydrogen-bond acceptors (Lipinski definition) is 8. The van der Waals surface area contributed by atoms with Crippen molar-refractivity contribution in [3.63, 3.8) is 0 Å². The number of imide groups is 1. The van der Waals surface area contributed by atoms with Crippen LogP contribution in [-0.4, -0.2) is 53.4 Å². The van der Waals surface area contributed by atoms with E-state index in [1.165, 1.54) is 14.2 Å². The maximum absolute atomic E-state index is 12.5. The lowest BCUT2D eigenvalue weighted by Gasteiger charge is -2.24. The van der Waals surface area contributed by atoms with Crippen LogP contribution in [0.25, 0.3) is 0 Å². The van der Waals surface area contributed by atoms with Crippen molar-refractivity contribution in [1.29, 1.82) is 0 Å². The zero-order chi connectivity index (χ0) is 22.4. The molecule has 1 saturated heterocycles. The summed E-state index contributed by atoms with van der Waals surface area (Å²) in [6.07, 6.45) is 0. The van der Waals surface area contributed by atoms with Crippen molar-refractivity contribution in [2.75, 3.05) is 25.7 Å². The molecule has 2 aromatic carbocycles. The van der Waals surface area contributed by atoms with E-state index in [2.05, 4.69) is 10.6 Å². The number of urea groups is 1. The van der Waals surface area contributed by atoms with Gasteiger partial charge in [0.2, 0.25) is 10.2 Å². The Morgan fingerprint density at radius 2 is 1.23 bits per heavy atom. The fourth-order valence-electron chi connectivity index (χ4n) is 2.77. The summed E-state index contributed by atoms with van der Waals surface area (Å²) in [6.45, 7) is 0. The average Bonchev–Trinajstić information content (AvgIpc) is 3.09. The number of methoxy groups -OCH3 is 2. The standard InChI is InChI=1S/C21H20N2O6S2/c1-28-15-7-3-13(4-8-15)17(24)30-11-21(19(26)22-20(27)23-21)12-31-18(25)14-5-9-16(29-2)10-6-14/h3-10H,11-12H2,1-2H3,(H2,22,23,26,27). The van der Waals surface area contributed by atoms with Crippen molar-refractivity contribution < 1.29 is 28.7 Å². The molecule has 3 rings (SSSR count). The van der Waals surface area contributed by atoms with Gasteiger partial charge in [0, 0.05) is 22.6 Å². The van der Waals surface area contributed by atoms with E-state index in [9.17, 15) is 19.2 Å². The Bertz CT molecular complexity index is 928. The van der Waals surface area contributed by atoms with Gasteiger partial charge in [-0.1, -0.05) is 23.5 Å². The molecular weight excluding hydrogens is 440 g/mol. The van der Waals surface area contributed by atoms with Crippen molar-refractivity contribution in [1.82, 2.24) is 10.6 Å². The van der Waals surface area contributed by atoms with E-state index in [1.807, 2.05) is 0 Å². The van der Waals surface area contributed by atoms with Gasteiger partial charge >= 0.3 is 6.03 Å². The second kappa shape index (κ2) is 9.88. The van der Waals surface area contributed by atoms with E-state index in [-0.39, 0.29) is 21.7 Å². The molecule has 0 saturated carbocycles. The lowest BCUT2D eigenvalue weighted by Crippen LogP contribution is -2.52. The van der Waals surface area contributed by atoms with Gasteiger partial charge in [0.05, 0.1) is 14.2 Å². The number of carbonyl (C=O) groups excluding carboxylic acids is 4. The summed E-state index contributed by atoms with van der Waals surface area (Å²) in [6, 6.07) is 12.5. The Morgan fingerprint density at radius 1 is 0.806 bits per heavy atom. The maximum Gasteiger partial charge on any atom is 0.322 e. The fourth-order valence-corrected chi connectivity index (χ4v) is 4.87. The summed E-state index contributed by atoms with van der Waals surface area (Å²) in [5.41, 5.74) is -0.503. The smallest absolute Gasteiger partial charge is 0.322 e. The van der Waals surface area contributed by atoms with E-state index in [0.717, 1.165) is 23.5 Å². The third-order valence-electron chi connectivity index (χ3n) is 4.57. The van der Waals surface area contributed by atoms with Crippen LogP contribution in [0.5, 0.6) is 11.5 Å². The lowest BCUT2D eigenvalue weighted by molar-refractivity contribution is -0.122. The summed E-state index contributed by atoms with van der Waals surface area (Å²) in [7, 11) is 3.06. The van der Waals surface area contributed by atoms with Gasteiger partial charge in [0.1, 0.15) is 17.0 Å².